The SMILES string of the molecule is COc1ccnc(NC2CCCC2)c1. The summed E-state index contributed by atoms with van der Waals surface area (Å²) in [5.74, 6) is 1.79. The summed E-state index contributed by atoms with van der Waals surface area (Å²) in [6, 6.07) is 4.41. The van der Waals surface area contributed by atoms with Crippen molar-refractivity contribution in [3.63, 3.8) is 0 Å². The van der Waals surface area contributed by atoms with E-state index in [0.717, 1.165) is 11.6 Å². The number of rotatable bonds is 3. The maximum absolute atomic E-state index is 5.14. The predicted molar refractivity (Wildman–Crippen MR) is 56.7 cm³/mol. The van der Waals surface area contributed by atoms with Gasteiger partial charge in [-0.15, -0.1) is 0 Å². The van der Waals surface area contributed by atoms with E-state index < -0.39 is 0 Å². The predicted octanol–water partition coefficient (Wildman–Crippen LogP) is 2.44. The Balaban J connectivity index is 2.00. The van der Waals surface area contributed by atoms with Gasteiger partial charge in [-0.25, -0.2) is 4.98 Å². The molecule has 14 heavy (non-hydrogen) atoms. The minimum atomic E-state index is 0.606. The normalized spacial score (nSPS) is 16.9. The van der Waals surface area contributed by atoms with E-state index in [1.165, 1.54) is 25.7 Å². The Morgan fingerprint density at radius 1 is 1.43 bits per heavy atom. The molecule has 1 aliphatic rings. The van der Waals surface area contributed by atoms with Gasteiger partial charge in [-0.05, 0) is 18.9 Å². The molecule has 0 atom stereocenters. The van der Waals surface area contributed by atoms with Crippen molar-refractivity contribution in [2.24, 2.45) is 0 Å². The van der Waals surface area contributed by atoms with Crippen molar-refractivity contribution in [3.05, 3.63) is 18.3 Å². The largest absolute Gasteiger partial charge is 0.497 e. The highest BCUT2D eigenvalue weighted by atomic mass is 16.5. The fraction of sp³-hybridized carbons (Fsp3) is 0.545. The Morgan fingerprint density at radius 3 is 2.93 bits per heavy atom. The molecule has 0 amide bonds. The molecule has 1 fully saturated rings. The minimum Gasteiger partial charge on any atom is -0.497 e. The molecule has 0 unspecified atom stereocenters. The molecular formula is C11H16N2O. The van der Waals surface area contributed by atoms with Crippen LogP contribution in [0, 0.1) is 0 Å². The summed E-state index contributed by atoms with van der Waals surface area (Å²) >= 11 is 0. The summed E-state index contributed by atoms with van der Waals surface area (Å²) < 4.78 is 5.14. The molecule has 1 saturated carbocycles. The second kappa shape index (κ2) is 4.31. The zero-order valence-corrected chi connectivity index (χ0v) is 8.49. The standard InChI is InChI=1S/C11H16N2O/c1-14-10-6-7-12-11(8-10)13-9-4-2-3-5-9/h6-9H,2-5H2,1H3,(H,12,13). The van der Waals surface area contributed by atoms with Crippen molar-refractivity contribution in [3.8, 4) is 5.75 Å². The molecule has 0 spiro atoms. The molecule has 1 aromatic heterocycles. The first-order valence-corrected chi connectivity index (χ1v) is 5.15. The van der Waals surface area contributed by atoms with Gasteiger partial charge >= 0.3 is 0 Å². The summed E-state index contributed by atoms with van der Waals surface area (Å²) in [6.07, 6.45) is 6.97. The van der Waals surface area contributed by atoms with E-state index in [-0.39, 0.29) is 0 Å². The van der Waals surface area contributed by atoms with Gasteiger partial charge in [0.2, 0.25) is 0 Å². The van der Waals surface area contributed by atoms with Crippen molar-refractivity contribution < 1.29 is 4.74 Å². The van der Waals surface area contributed by atoms with E-state index in [9.17, 15) is 0 Å². The van der Waals surface area contributed by atoms with Gasteiger partial charge in [-0.3, -0.25) is 0 Å². The molecule has 0 saturated heterocycles. The lowest BCUT2D eigenvalue weighted by atomic mass is 10.2. The number of pyridine rings is 1. The summed E-state index contributed by atoms with van der Waals surface area (Å²) in [7, 11) is 1.68. The van der Waals surface area contributed by atoms with E-state index in [1.54, 1.807) is 13.3 Å². The summed E-state index contributed by atoms with van der Waals surface area (Å²) in [6.45, 7) is 0. The molecule has 0 aromatic carbocycles. The van der Waals surface area contributed by atoms with Crippen molar-refractivity contribution >= 4 is 5.82 Å². The second-order valence-corrected chi connectivity index (χ2v) is 3.71. The van der Waals surface area contributed by atoms with Crippen LogP contribution in [0.1, 0.15) is 25.7 Å². The number of aromatic nitrogens is 1. The Kier molecular flexibility index (Phi) is 2.87. The Morgan fingerprint density at radius 2 is 2.21 bits per heavy atom. The van der Waals surface area contributed by atoms with E-state index >= 15 is 0 Å². The zero-order valence-electron chi connectivity index (χ0n) is 8.49. The topological polar surface area (TPSA) is 34.1 Å². The molecule has 0 aliphatic heterocycles. The molecule has 2 rings (SSSR count). The van der Waals surface area contributed by atoms with Crippen LogP contribution in [0.5, 0.6) is 5.75 Å². The molecular weight excluding hydrogens is 176 g/mol. The number of hydrogen-bond acceptors (Lipinski definition) is 3. The van der Waals surface area contributed by atoms with Gasteiger partial charge in [0, 0.05) is 18.3 Å². The molecule has 3 heteroatoms. The zero-order chi connectivity index (χ0) is 9.80. The summed E-state index contributed by atoms with van der Waals surface area (Å²) in [5, 5.41) is 3.42. The summed E-state index contributed by atoms with van der Waals surface area (Å²) in [4.78, 5) is 4.26. The third kappa shape index (κ3) is 2.16. The van der Waals surface area contributed by atoms with Gasteiger partial charge in [-0.1, -0.05) is 12.8 Å². The van der Waals surface area contributed by atoms with E-state index in [4.69, 9.17) is 4.74 Å². The fourth-order valence-corrected chi connectivity index (χ4v) is 1.90. The van der Waals surface area contributed by atoms with Crippen LogP contribution in [-0.2, 0) is 0 Å². The van der Waals surface area contributed by atoms with Gasteiger partial charge in [0.15, 0.2) is 0 Å². The van der Waals surface area contributed by atoms with Crippen LogP contribution in [-0.4, -0.2) is 18.1 Å². The average molecular weight is 192 g/mol. The van der Waals surface area contributed by atoms with Gasteiger partial charge in [-0.2, -0.15) is 0 Å². The third-order valence-corrected chi connectivity index (χ3v) is 2.67. The van der Waals surface area contributed by atoms with Gasteiger partial charge < -0.3 is 10.1 Å². The summed E-state index contributed by atoms with van der Waals surface area (Å²) in [5.41, 5.74) is 0. The number of methoxy groups -OCH3 is 1. The second-order valence-electron chi connectivity index (χ2n) is 3.71. The highest BCUT2D eigenvalue weighted by Gasteiger charge is 2.14. The van der Waals surface area contributed by atoms with E-state index in [0.29, 0.717) is 6.04 Å². The fourth-order valence-electron chi connectivity index (χ4n) is 1.90. The molecule has 3 nitrogen and oxygen atoms in total. The van der Waals surface area contributed by atoms with Crippen LogP contribution in [0.15, 0.2) is 18.3 Å². The van der Waals surface area contributed by atoms with Crippen LogP contribution >= 0.6 is 0 Å². The maximum atomic E-state index is 5.14. The first kappa shape index (κ1) is 9.31. The van der Waals surface area contributed by atoms with Gasteiger partial charge in [0.1, 0.15) is 11.6 Å². The van der Waals surface area contributed by atoms with Crippen LogP contribution in [0.2, 0.25) is 0 Å². The van der Waals surface area contributed by atoms with Gasteiger partial charge in [0.25, 0.3) is 0 Å². The third-order valence-electron chi connectivity index (χ3n) is 2.67. The molecule has 76 valence electrons. The molecule has 1 heterocycles. The van der Waals surface area contributed by atoms with E-state index in [1.807, 2.05) is 12.1 Å². The first-order chi connectivity index (χ1) is 6.88. The van der Waals surface area contributed by atoms with Crippen molar-refractivity contribution in [1.29, 1.82) is 0 Å². The van der Waals surface area contributed by atoms with Crippen molar-refractivity contribution in [2.75, 3.05) is 12.4 Å². The number of nitrogens with one attached hydrogen (secondary N) is 1. The van der Waals surface area contributed by atoms with Gasteiger partial charge in [0.05, 0.1) is 7.11 Å². The average Bonchev–Trinajstić information content (AvgIpc) is 2.71. The Bertz CT molecular complexity index is 295. The molecule has 1 aliphatic carbocycles. The minimum absolute atomic E-state index is 0.606. The van der Waals surface area contributed by atoms with Crippen LogP contribution in [0.3, 0.4) is 0 Å². The Hall–Kier alpha value is -1.25. The number of ether oxygens (including phenoxy) is 1. The highest BCUT2D eigenvalue weighted by Crippen LogP contribution is 2.22. The van der Waals surface area contributed by atoms with Crippen molar-refractivity contribution in [1.82, 2.24) is 4.98 Å². The monoisotopic (exact) mass is 192 g/mol. The number of hydrogen-bond donors (Lipinski definition) is 1. The lowest BCUT2D eigenvalue weighted by Gasteiger charge is -2.12. The maximum Gasteiger partial charge on any atom is 0.129 e. The highest BCUT2D eigenvalue weighted by molar-refractivity contribution is 5.41. The molecule has 1 N–H and O–H groups in total. The Labute approximate surface area is 84.5 Å². The lowest BCUT2D eigenvalue weighted by molar-refractivity contribution is 0.414. The number of nitrogens with zero attached hydrogens (tertiary/aromatic N) is 1. The van der Waals surface area contributed by atoms with Crippen molar-refractivity contribution in [2.45, 2.75) is 31.7 Å². The van der Waals surface area contributed by atoms with Crippen LogP contribution in [0.25, 0.3) is 0 Å². The molecule has 0 radical (unpaired) electrons. The molecule has 0 bridgehead atoms. The number of anilines is 1. The van der Waals surface area contributed by atoms with E-state index in [2.05, 4.69) is 10.3 Å². The first-order valence-electron chi connectivity index (χ1n) is 5.15. The quantitative estimate of drug-likeness (QED) is 0.798. The molecule has 1 aromatic rings. The van der Waals surface area contributed by atoms with Crippen LogP contribution in [0.4, 0.5) is 5.82 Å². The van der Waals surface area contributed by atoms with Crippen LogP contribution < -0.4 is 10.1 Å². The smallest absolute Gasteiger partial charge is 0.129 e. The lowest BCUT2D eigenvalue weighted by Crippen LogP contribution is -2.15.